The third kappa shape index (κ3) is 5.91. The molecular formula is C23H24N2O5S. The molecule has 0 aliphatic carbocycles. The fourth-order valence-corrected chi connectivity index (χ4v) is 3.89. The molecule has 0 aliphatic heterocycles. The molecule has 0 unspecified atom stereocenters. The van der Waals surface area contributed by atoms with Crippen LogP contribution in [-0.4, -0.2) is 41.6 Å². The summed E-state index contributed by atoms with van der Waals surface area (Å²) in [6.45, 7) is 0.402. The van der Waals surface area contributed by atoms with Crippen molar-refractivity contribution in [3.8, 4) is 11.5 Å². The lowest BCUT2D eigenvalue weighted by atomic mass is 10.2. The van der Waals surface area contributed by atoms with E-state index in [9.17, 15) is 13.2 Å². The van der Waals surface area contributed by atoms with Crippen molar-refractivity contribution in [2.24, 2.45) is 0 Å². The van der Waals surface area contributed by atoms with Crippen molar-refractivity contribution < 1.29 is 22.7 Å². The highest BCUT2D eigenvalue weighted by Crippen LogP contribution is 2.25. The van der Waals surface area contributed by atoms with Crippen molar-refractivity contribution in [3.63, 3.8) is 0 Å². The molecule has 0 aromatic heterocycles. The van der Waals surface area contributed by atoms with Gasteiger partial charge in [-0.3, -0.25) is 4.79 Å². The number of benzene rings is 3. The van der Waals surface area contributed by atoms with Gasteiger partial charge in [-0.05, 0) is 54.6 Å². The number of nitrogens with one attached hydrogen (secondary N) is 1. The molecule has 0 atom stereocenters. The van der Waals surface area contributed by atoms with Gasteiger partial charge < -0.3 is 14.4 Å². The lowest BCUT2D eigenvalue weighted by Crippen LogP contribution is -2.28. The lowest BCUT2D eigenvalue weighted by Gasteiger charge is -2.18. The summed E-state index contributed by atoms with van der Waals surface area (Å²) in [6, 6.07) is 22.4. The summed E-state index contributed by atoms with van der Waals surface area (Å²) in [7, 11) is -0.609. The second kappa shape index (κ2) is 10.2. The van der Waals surface area contributed by atoms with Gasteiger partial charge in [0.2, 0.25) is 10.0 Å². The quantitative estimate of drug-likeness (QED) is 0.513. The average molecular weight is 441 g/mol. The second-order valence-electron chi connectivity index (χ2n) is 6.69. The van der Waals surface area contributed by atoms with E-state index in [4.69, 9.17) is 9.47 Å². The van der Waals surface area contributed by atoms with Crippen molar-refractivity contribution in [1.29, 1.82) is 0 Å². The number of methoxy groups -OCH3 is 1. The number of anilines is 1. The Hall–Kier alpha value is -3.20. The number of carbonyl (C=O) groups excluding carboxylic acids is 1. The van der Waals surface area contributed by atoms with Crippen LogP contribution < -0.4 is 14.4 Å². The van der Waals surface area contributed by atoms with E-state index in [0.29, 0.717) is 11.4 Å². The molecule has 1 N–H and O–H groups in total. The van der Waals surface area contributed by atoms with E-state index in [-0.39, 0.29) is 29.5 Å². The first-order valence-corrected chi connectivity index (χ1v) is 11.1. The van der Waals surface area contributed by atoms with Gasteiger partial charge in [0.05, 0.1) is 11.5 Å². The van der Waals surface area contributed by atoms with E-state index in [0.717, 1.165) is 5.75 Å². The summed E-state index contributed by atoms with van der Waals surface area (Å²) < 4.78 is 37.9. The van der Waals surface area contributed by atoms with Crippen molar-refractivity contribution >= 4 is 21.6 Å². The summed E-state index contributed by atoms with van der Waals surface area (Å²) >= 11 is 0. The summed E-state index contributed by atoms with van der Waals surface area (Å²) in [4.78, 5) is 14.4. The molecule has 0 fully saturated rings. The molecule has 0 radical (unpaired) electrons. The molecule has 3 rings (SSSR count). The van der Waals surface area contributed by atoms with Gasteiger partial charge in [0, 0.05) is 32.0 Å². The van der Waals surface area contributed by atoms with Gasteiger partial charge in [-0.25, -0.2) is 13.1 Å². The Morgan fingerprint density at radius 3 is 2.29 bits per heavy atom. The predicted octanol–water partition coefficient (Wildman–Crippen LogP) is 3.68. The number of para-hydroxylation sites is 1. The van der Waals surface area contributed by atoms with E-state index >= 15 is 0 Å². The number of sulfonamides is 1. The highest BCUT2D eigenvalue weighted by atomic mass is 32.2. The minimum atomic E-state index is -3.73. The van der Waals surface area contributed by atoms with Crippen molar-refractivity contribution in [2.45, 2.75) is 4.90 Å². The molecule has 162 valence electrons. The molecule has 0 spiro atoms. The van der Waals surface area contributed by atoms with Crippen LogP contribution in [0.15, 0.2) is 83.8 Å². The molecule has 0 saturated carbocycles. The Labute approximate surface area is 182 Å². The molecule has 1 amide bonds. The summed E-state index contributed by atoms with van der Waals surface area (Å²) in [5, 5.41) is 0. The molecule has 0 bridgehead atoms. The number of hydrogen-bond donors (Lipinski definition) is 1. The van der Waals surface area contributed by atoms with Gasteiger partial charge in [-0.15, -0.1) is 0 Å². The minimum absolute atomic E-state index is 0.0227. The molecular weight excluding hydrogens is 416 g/mol. The molecule has 3 aromatic carbocycles. The molecule has 3 aromatic rings. The first kappa shape index (κ1) is 22.5. The largest absolute Gasteiger partial charge is 0.457 e. The molecule has 8 heteroatoms. The first-order chi connectivity index (χ1) is 14.9. The third-order valence-electron chi connectivity index (χ3n) is 4.50. The maximum atomic E-state index is 12.9. The van der Waals surface area contributed by atoms with Crippen LogP contribution in [0.1, 0.15) is 10.4 Å². The Balaban J connectivity index is 1.72. The van der Waals surface area contributed by atoms with E-state index in [1.807, 2.05) is 30.3 Å². The first-order valence-electron chi connectivity index (χ1n) is 9.60. The number of hydrogen-bond acceptors (Lipinski definition) is 5. The Morgan fingerprint density at radius 2 is 1.61 bits per heavy atom. The fraction of sp³-hybridized carbons (Fsp3) is 0.174. The van der Waals surface area contributed by atoms with Crippen LogP contribution in [0.5, 0.6) is 11.5 Å². The minimum Gasteiger partial charge on any atom is -0.457 e. The van der Waals surface area contributed by atoms with Crippen LogP contribution in [0.4, 0.5) is 5.69 Å². The van der Waals surface area contributed by atoms with Crippen molar-refractivity contribution in [3.05, 3.63) is 84.4 Å². The Bertz CT molecular complexity index is 1120. The van der Waals surface area contributed by atoms with Crippen LogP contribution in [0.25, 0.3) is 0 Å². The average Bonchev–Trinajstić information content (AvgIpc) is 2.79. The van der Waals surface area contributed by atoms with Crippen LogP contribution in [-0.2, 0) is 14.8 Å². The van der Waals surface area contributed by atoms with Gasteiger partial charge in [0.15, 0.2) is 0 Å². The fourth-order valence-electron chi connectivity index (χ4n) is 2.83. The van der Waals surface area contributed by atoms with E-state index in [2.05, 4.69) is 4.72 Å². The van der Waals surface area contributed by atoms with E-state index in [1.165, 1.54) is 24.1 Å². The van der Waals surface area contributed by atoms with E-state index in [1.54, 1.807) is 43.4 Å². The SMILES string of the molecule is COCCNS(=O)(=O)c1cccc(C(=O)N(C)c2ccc(Oc3ccccc3)cc2)c1. The monoisotopic (exact) mass is 440 g/mol. The Kier molecular flexibility index (Phi) is 7.41. The Morgan fingerprint density at radius 1 is 0.935 bits per heavy atom. The highest BCUT2D eigenvalue weighted by molar-refractivity contribution is 7.89. The molecule has 31 heavy (non-hydrogen) atoms. The van der Waals surface area contributed by atoms with Gasteiger partial charge in [-0.2, -0.15) is 0 Å². The number of carbonyl (C=O) groups is 1. The van der Waals surface area contributed by atoms with Crippen LogP contribution in [0.2, 0.25) is 0 Å². The predicted molar refractivity (Wildman–Crippen MR) is 119 cm³/mol. The molecule has 0 heterocycles. The smallest absolute Gasteiger partial charge is 0.258 e. The highest BCUT2D eigenvalue weighted by Gasteiger charge is 2.18. The topological polar surface area (TPSA) is 84.9 Å². The molecule has 0 saturated heterocycles. The third-order valence-corrected chi connectivity index (χ3v) is 5.96. The van der Waals surface area contributed by atoms with Crippen LogP contribution in [0, 0.1) is 0 Å². The zero-order valence-corrected chi connectivity index (χ0v) is 18.1. The zero-order valence-electron chi connectivity index (χ0n) is 17.3. The van der Waals surface area contributed by atoms with Crippen molar-refractivity contribution in [1.82, 2.24) is 4.72 Å². The van der Waals surface area contributed by atoms with Gasteiger partial charge in [0.25, 0.3) is 5.91 Å². The molecule has 0 aliphatic rings. The second-order valence-corrected chi connectivity index (χ2v) is 8.46. The number of rotatable bonds is 9. The summed E-state index contributed by atoms with van der Waals surface area (Å²) in [5.74, 6) is 1.04. The van der Waals surface area contributed by atoms with Gasteiger partial charge in [-0.1, -0.05) is 24.3 Å². The molecule has 7 nitrogen and oxygen atoms in total. The number of nitrogens with zero attached hydrogens (tertiary/aromatic N) is 1. The van der Waals surface area contributed by atoms with Gasteiger partial charge in [0.1, 0.15) is 11.5 Å². The lowest BCUT2D eigenvalue weighted by molar-refractivity contribution is 0.0992. The van der Waals surface area contributed by atoms with Gasteiger partial charge >= 0.3 is 0 Å². The normalized spacial score (nSPS) is 11.2. The van der Waals surface area contributed by atoms with Crippen molar-refractivity contribution in [2.75, 3.05) is 32.2 Å². The van der Waals surface area contributed by atoms with Crippen LogP contribution >= 0.6 is 0 Å². The summed E-state index contributed by atoms with van der Waals surface area (Å²) in [5.41, 5.74) is 0.915. The zero-order chi connectivity index (χ0) is 22.3. The summed E-state index contributed by atoms with van der Waals surface area (Å²) in [6.07, 6.45) is 0. The maximum absolute atomic E-state index is 12.9. The number of amides is 1. The van der Waals surface area contributed by atoms with E-state index < -0.39 is 10.0 Å². The maximum Gasteiger partial charge on any atom is 0.258 e. The van der Waals surface area contributed by atoms with Crippen LogP contribution in [0.3, 0.4) is 0 Å². The number of ether oxygens (including phenoxy) is 2. The standard InChI is InChI=1S/C23H24N2O5S/c1-25(19-11-13-21(14-12-19)30-20-8-4-3-5-9-20)23(26)18-7-6-10-22(17-18)31(27,28)24-15-16-29-2/h3-14,17,24H,15-16H2,1-2H3.